The van der Waals surface area contributed by atoms with Crippen molar-refractivity contribution in [1.82, 2.24) is 4.90 Å². The van der Waals surface area contributed by atoms with Crippen LogP contribution in [0.3, 0.4) is 0 Å². The van der Waals surface area contributed by atoms with Gasteiger partial charge in [0.15, 0.2) is 11.5 Å². The number of methoxy groups -OCH3 is 1. The summed E-state index contributed by atoms with van der Waals surface area (Å²) in [5.41, 5.74) is 2.48. The van der Waals surface area contributed by atoms with Crippen LogP contribution in [0.4, 0.5) is 5.69 Å². The average molecular weight is 413 g/mol. The molecule has 2 aromatic rings. The number of nitrogens with one attached hydrogen (secondary N) is 1. The summed E-state index contributed by atoms with van der Waals surface area (Å²) in [4.78, 5) is 15.1. The van der Waals surface area contributed by atoms with Crippen LogP contribution in [-0.2, 0) is 11.3 Å². The molecule has 1 amide bonds. The van der Waals surface area contributed by atoms with Crippen molar-refractivity contribution in [3.63, 3.8) is 0 Å². The molecule has 0 atom stereocenters. The van der Waals surface area contributed by atoms with E-state index in [0.717, 1.165) is 45.0 Å². The molecule has 0 aromatic heterocycles. The van der Waals surface area contributed by atoms with Crippen LogP contribution in [0.15, 0.2) is 42.5 Å². The minimum Gasteiger partial charge on any atom is -0.493 e. The highest BCUT2D eigenvalue weighted by Crippen LogP contribution is 2.29. The highest BCUT2D eigenvalue weighted by atomic mass is 16.5. The summed E-state index contributed by atoms with van der Waals surface area (Å²) in [6.07, 6.45) is 0.964. The van der Waals surface area contributed by atoms with Gasteiger partial charge in [0.05, 0.1) is 26.9 Å². The second kappa shape index (κ2) is 11.0. The van der Waals surface area contributed by atoms with Crippen LogP contribution in [0, 0.1) is 5.92 Å². The van der Waals surface area contributed by atoms with Crippen molar-refractivity contribution in [2.24, 2.45) is 5.92 Å². The van der Waals surface area contributed by atoms with Crippen LogP contribution in [0.5, 0.6) is 11.5 Å². The third kappa shape index (κ3) is 6.47. The van der Waals surface area contributed by atoms with Crippen LogP contribution < -0.4 is 14.8 Å². The van der Waals surface area contributed by atoms with Gasteiger partial charge in [-0.2, -0.15) is 0 Å². The molecule has 1 aliphatic rings. The Kier molecular flexibility index (Phi) is 8.11. The summed E-state index contributed by atoms with van der Waals surface area (Å²) in [5.74, 6) is 1.61. The number of nitrogens with zero attached hydrogens (tertiary/aromatic N) is 1. The SMILES string of the molecule is COc1cc(C(=O)Nc2cccc(CN3CCOCC3)c2)ccc1OCCC(C)C. The van der Waals surface area contributed by atoms with Crippen LogP contribution in [0.25, 0.3) is 0 Å². The van der Waals surface area contributed by atoms with E-state index in [1.807, 2.05) is 18.2 Å². The summed E-state index contributed by atoms with van der Waals surface area (Å²) in [5, 5.41) is 2.99. The van der Waals surface area contributed by atoms with Gasteiger partial charge in [-0.3, -0.25) is 9.69 Å². The maximum atomic E-state index is 12.8. The van der Waals surface area contributed by atoms with E-state index >= 15 is 0 Å². The molecule has 1 heterocycles. The molecule has 1 fully saturated rings. The third-order valence-electron chi connectivity index (χ3n) is 5.07. The number of ether oxygens (including phenoxy) is 3. The van der Waals surface area contributed by atoms with Gasteiger partial charge in [-0.05, 0) is 48.2 Å². The lowest BCUT2D eigenvalue weighted by molar-refractivity contribution is 0.0342. The molecule has 0 saturated carbocycles. The van der Waals surface area contributed by atoms with Gasteiger partial charge in [0, 0.05) is 30.9 Å². The molecule has 2 aromatic carbocycles. The van der Waals surface area contributed by atoms with Crippen LogP contribution in [0.2, 0.25) is 0 Å². The van der Waals surface area contributed by atoms with E-state index in [9.17, 15) is 4.79 Å². The first-order valence-electron chi connectivity index (χ1n) is 10.6. The van der Waals surface area contributed by atoms with E-state index in [0.29, 0.717) is 29.6 Å². The van der Waals surface area contributed by atoms with Crippen molar-refractivity contribution < 1.29 is 19.0 Å². The molecular formula is C24H32N2O4. The quantitative estimate of drug-likeness (QED) is 0.669. The van der Waals surface area contributed by atoms with Gasteiger partial charge in [-0.15, -0.1) is 0 Å². The predicted molar refractivity (Wildman–Crippen MR) is 118 cm³/mol. The first kappa shape index (κ1) is 22.1. The Balaban J connectivity index is 1.63. The lowest BCUT2D eigenvalue weighted by Gasteiger charge is -2.26. The van der Waals surface area contributed by atoms with Gasteiger partial charge < -0.3 is 19.5 Å². The molecule has 1 aliphatic heterocycles. The maximum Gasteiger partial charge on any atom is 0.255 e. The summed E-state index contributed by atoms with van der Waals surface area (Å²) in [6, 6.07) is 13.3. The van der Waals surface area contributed by atoms with Gasteiger partial charge in [-0.1, -0.05) is 26.0 Å². The Labute approximate surface area is 179 Å². The zero-order valence-corrected chi connectivity index (χ0v) is 18.1. The van der Waals surface area contributed by atoms with E-state index in [1.54, 1.807) is 25.3 Å². The van der Waals surface area contributed by atoms with Crippen LogP contribution in [0.1, 0.15) is 36.2 Å². The Morgan fingerprint density at radius 1 is 1.13 bits per heavy atom. The molecule has 0 spiro atoms. The van der Waals surface area contributed by atoms with Crippen molar-refractivity contribution >= 4 is 11.6 Å². The second-order valence-corrected chi connectivity index (χ2v) is 7.94. The number of morpholine rings is 1. The monoisotopic (exact) mass is 412 g/mol. The fraction of sp³-hybridized carbons (Fsp3) is 0.458. The summed E-state index contributed by atoms with van der Waals surface area (Å²) in [6.45, 7) is 9.20. The van der Waals surface area contributed by atoms with Crippen molar-refractivity contribution in [2.75, 3.05) is 45.3 Å². The second-order valence-electron chi connectivity index (χ2n) is 7.94. The number of benzene rings is 2. The number of hydrogen-bond acceptors (Lipinski definition) is 5. The largest absolute Gasteiger partial charge is 0.493 e. The molecule has 0 unspecified atom stereocenters. The molecule has 162 valence electrons. The minimum atomic E-state index is -0.175. The van der Waals surface area contributed by atoms with Gasteiger partial charge in [0.25, 0.3) is 5.91 Å². The van der Waals surface area contributed by atoms with Gasteiger partial charge in [0.1, 0.15) is 0 Å². The first-order chi connectivity index (χ1) is 14.5. The van der Waals surface area contributed by atoms with Gasteiger partial charge >= 0.3 is 0 Å². The molecule has 0 aliphatic carbocycles. The standard InChI is InChI=1S/C24H32N2O4/c1-18(2)9-12-30-22-8-7-20(16-23(22)28-3)24(27)25-21-6-4-5-19(15-21)17-26-10-13-29-14-11-26/h4-8,15-16,18H,9-14,17H2,1-3H3,(H,25,27). The topological polar surface area (TPSA) is 60.0 Å². The summed E-state index contributed by atoms with van der Waals surface area (Å²) >= 11 is 0. The highest BCUT2D eigenvalue weighted by Gasteiger charge is 2.14. The Bertz CT molecular complexity index is 832. The molecular weight excluding hydrogens is 380 g/mol. The summed E-state index contributed by atoms with van der Waals surface area (Å²) in [7, 11) is 1.58. The normalized spacial score (nSPS) is 14.5. The zero-order valence-electron chi connectivity index (χ0n) is 18.1. The average Bonchev–Trinajstić information content (AvgIpc) is 2.74. The van der Waals surface area contributed by atoms with Crippen LogP contribution >= 0.6 is 0 Å². The van der Waals surface area contributed by atoms with E-state index in [1.165, 1.54) is 5.56 Å². The van der Waals surface area contributed by atoms with Crippen molar-refractivity contribution in [2.45, 2.75) is 26.8 Å². The van der Waals surface area contributed by atoms with Gasteiger partial charge in [-0.25, -0.2) is 0 Å². The van der Waals surface area contributed by atoms with Crippen molar-refractivity contribution in [3.05, 3.63) is 53.6 Å². The fourth-order valence-electron chi connectivity index (χ4n) is 3.30. The van der Waals surface area contributed by atoms with E-state index < -0.39 is 0 Å². The Hall–Kier alpha value is -2.57. The molecule has 6 heteroatoms. The Morgan fingerprint density at radius 2 is 1.93 bits per heavy atom. The molecule has 6 nitrogen and oxygen atoms in total. The number of rotatable bonds is 9. The van der Waals surface area contributed by atoms with Gasteiger partial charge in [0.2, 0.25) is 0 Å². The maximum absolute atomic E-state index is 12.8. The fourth-order valence-corrected chi connectivity index (χ4v) is 3.30. The number of carbonyl (C=O) groups is 1. The number of carbonyl (C=O) groups excluding carboxylic acids is 1. The first-order valence-corrected chi connectivity index (χ1v) is 10.6. The molecule has 1 saturated heterocycles. The lowest BCUT2D eigenvalue weighted by Crippen LogP contribution is -2.35. The minimum absolute atomic E-state index is 0.175. The number of anilines is 1. The molecule has 1 N–H and O–H groups in total. The third-order valence-corrected chi connectivity index (χ3v) is 5.07. The molecule has 3 rings (SSSR count). The predicted octanol–water partition coefficient (Wildman–Crippen LogP) is 4.20. The molecule has 0 bridgehead atoms. The van der Waals surface area contributed by atoms with E-state index in [2.05, 4.69) is 30.1 Å². The van der Waals surface area contributed by atoms with E-state index in [4.69, 9.17) is 14.2 Å². The van der Waals surface area contributed by atoms with Crippen LogP contribution in [-0.4, -0.2) is 50.8 Å². The molecule has 30 heavy (non-hydrogen) atoms. The lowest BCUT2D eigenvalue weighted by atomic mass is 10.1. The highest BCUT2D eigenvalue weighted by molar-refractivity contribution is 6.04. The number of hydrogen-bond donors (Lipinski definition) is 1. The molecule has 0 radical (unpaired) electrons. The Morgan fingerprint density at radius 3 is 2.67 bits per heavy atom. The van der Waals surface area contributed by atoms with Crippen molar-refractivity contribution in [3.8, 4) is 11.5 Å². The zero-order chi connectivity index (χ0) is 21.3. The number of amides is 1. The van der Waals surface area contributed by atoms with Crippen molar-refractivity contribution in [1.29, 1.82) is 0 Å². The smallest absolute Gasteiger partial charge is 0.255 e. The summed E-state index contributed by atoms with van der Waals surface area (Å²) < 4.78 is 16.6. The van der Waals surface area contributed by atoms with E-state index in [-0.39, 0.29) is 5.91 Å².